The van der Waals surface area contributed by atoms with Gasteiger partial charge in [-0.2, -0.15) is 0 Å². The van der Waals surface area contributed by atoms with Crippen molar-refractivity contribution in [2.24, 2.45) is 0 Å². The molecule has 7 heteroatoms. The Balaban J connectivity index is 1.52. The van der Waals surface area contributed by atoms with Gasteiger partial charge in [0.15, 0.2) is 15.6 Å². The molecule has 0 fully saturated rings. The minimum Gasteiger partial charge on any atom is -0.493 e. The Bertz CT molecular complexity index is 1010. The maximum absolute atomic E-state index is 11.9. The van der Waals surface area contributed by atoms with Crippen LogP contribution in [-0.4, -0.2) is 37.8 Å². The molecular formula is C20H19NO5S. The molecule has 140 valence electrons. The average Bonchev–Trinajstić information content (AvgIpc) is 3.10. The third kappa shape index (κ3) is 5.52. The first kappa shape index (κ1) is 18.8. The first-order chi connectivity index (χ1) is 12.9. The molecule has 0 bridgehead atoms. The number of aromatic nitrogens is 1. The molecule has 0 spiro atoms. The van der Waals surface area contributed by atoms with E-state index < -0.39 is 21.4 Å². The van der Waals surface area contributed by atoms with E-state index in [-0.39, 0.29) is 0 Å². The molecule has 3 rings (SSSR count). The van der Waals surface area contributed by atoms with Gasteiger partial charge >= 0.3 is 0 Å². The number of nitrogens with zero attached hydrogens (tertiary/aromatic N) is 1. The summed E-state index contributed by atoms with van der Waals surface area (Å²) in [5.41, 5.74) is 2.05. The summed E-state index contributed by atoms with van der Waals surface area (Å²) in [4.78, 5) is 16.3. The number of sulfone groups is 1. The van der Waals surface area contributed by atoms with Gasteiger partial charge in [0.1, 0.15) is 17.8 Å². The second-order valence-corrected chi connectivity index (χ2v) is 8.27. The minimum atomic E-state index is -3.34. The summed E-state index contributed by atoms with van der Waals surface area (Å²) >= 11 is 0. The topological polar surface area (TPSA) is 86.5 Å². The predicted molar refractivity (Wildman–Crippen MR) is 102 cm³/mol. The van der Waals surface area contributed by atoms with Crippen molar-refractivity contribution in [3.05, 3.63) is 72.1 Å². The fourth-order valence-corrected chi connectivity index (χ4v) is 3.11. The molecule has 2 aromatic carbocycles. The first-order valence-corrected chi connectivity index (χ1v) is 10.4. The summed E-state index contributed by atoms with van der Waals surface area (Å²) in [6, 6.07) is 16.1. The zero-order valence-electron chi connectivity index (χ0n) is 14.8. The summed E-state index contributed by atoms with van der Waals surface area (Å²) in [5, 5.41) is 0. The third-order valence-electron chi connectivity index (χ3n) is 3.77. The average molecular weight is 385 g/mol. The molecule has 0 saturated carbocycles. The van der Waals surface area contributed by atoms with E-state index in [4.69, 9.17) is 9.15 Å². The van der Waals surface area contributed by atoms with Crippen molar-refractivity contribution in [2.45, 2.75) is 6.42 Å². The highest BCUT2D eigenvalue weighted by molar-refractivity contribution is 7.91. The second kappa shape index (κ2) is 8.18. The number of Topliss-reactive ketones (excluding diaryl/α,β-unsaturated/α-hetero) is 1. The van der Waals surface area contributed by atoms with Crippen LogP contribution in [0.4, 0.5) is 0 Å². The van der Waals surface area contributed by atoms with Crippen LogP contribution in [0, 0.1) is 0 Å². The van der Waals surface area contributed by atoms with E-state index in [1.807, 2.05) is 30.3 Å². The van der Waals surface area contributed by atoms with Gasteiger partial charge < -0.3 is 9.15 Å². The van der Waals surface area contributed by atoms with E-state index in [0.717, 1.165) is 17.5 Å². The van der Waals surface area contributed by atoms with Gasteiger partial charge in [0.25, 0.3) is 0 Å². The molecule has 0 aliphatic carbocycles. The Labute approximate surface area is 157 Å². The number of rotatable bonds is 8. The van der Waals surface area contributed by atoms with Crippen molar-refractivity contribution in [2.75, 3.05) is 18.6 Å². The van der Waals surface area contributed by atoms with Crippen LogP contribution < -0.4 is 4.74 Å². The van der Waals surface area contributed by atoms with E-state index >= 15 is 0 Å². The fourth-order valence-electron chi connectivity index (χ4n) is 2.47. The van der Waals surface area contributed by atoms with Crippen LogP contribution in [0.2, 0.25) is 0 Å². The van der Waals surface area contributed by atoms with Gasteiger partial charge in [-0.05, 0) is 36.4 Å². The molecule has 6 nitrogen and oxygen atoms in total. The highest BCUT2D eigenvalue weighted by Gasteiger charge is 2.13. The van der Waals surface area contributed by atoms with Gasteiger partial charge in [-0.3, -0.25) is 4.79 Å². The van der Waals surface area contributed by atoms with Crippen LogP contribution in [0.15, 0.2) is 65.3 Å². The smallest absolute Gasteiger partial charge is 0.226 e. The second-order valence-electron chi connectivity index (χ2n) is 6.13. The van der Waals surface area contributed by atoms with E-state index in [1.54, 1.807) is 30.5 Å². The summed E-state index contributed by atoms with van der Waals surface area (Å²) in [5.74, 6) is 0.237. The molecule has 1 aromatic heterocycles. The quantitative estimate of drug-likeness (QED) is 0.554. The van der Waals surface area contributed by atoms with Gasteiger partial charge in [0.05, 0.1) is 12.3 Å². The molecule has 0 amide bonds. The summed E-state index contributed by atoms with van der Waals surface area (Å²) in [7, 11) is -3.34. The summed E-state index contributed by atoms with van der Waals surface area (Å²) in [6.45, 7) is 0.400. The van der Waals surface area contributed by atoms with Gasteiger partial charge in [0, 0.05) is 23.8 Å². The number of carbonyl (C=O) groups excluding carboxylic acids is 1. The molecule has 0 saturated heterocycles. The Hall–Kier alpha value is -2.93. The lowest BCUT2D eigenvalue weighted by Gasteiger charge is -2.06. The third-order valence-corrected chi connectivity index (χ3v) is 4.56. The molecule has 0 aliphatic heterocycles. The SMILES string of the molecule is CS(=O)(=O)CC(=O)c1ccc(OCCc2coc(-c3ccccc3)n2)cc1. The Morgan fingerprint density at radius 1 is 1.07 bits per heavy atom. The van der Waals surface area contributed by atoms with Crippen LogP contribution >= 0.6 is 0 Å². The van der Waals surface area contributed by atoms with E-state index in [0.29, 0.717) is 30.2 Å². The Kier molecular flexibility index (Phi) is 5.71. The molecule has 0 radical (unpaired) electrons. The molecule has 0 aliphatic rings. The monoisotopic (exact) mass is 385 g/mol. The molecular weight excluding hydrogens is 366 g/mol. The highest BCUT2D eigenvalue weighted by atomic mass is 32.2. The van der Waals surface area contributed by atoms with Crippen molar-refractivity contribution < 1.29 is 22.4 Å². The molecule has 0 N–H and O–H groups in total. The Morgan fingerprint density at radius 3 is 2.44 bits per heavy atom. The predicted octanol–water partition coefficient (Wildman–Crippen LogP) is 3.19. The van der Waals surface area contributed by atoms with Gasteiger partial charge in [-0.25, -0.2) is 13.4 Å². The van der Waals surface area contributed by atoms with Gasteiger partial charge in [-0.1, -0.05) is 18.2 Å². The summed E-state index contributed by atoms with van der Waals surface area (Å²) < 4.78 is 33.5. The molecule has 0 unspecified atom stereocenters. The van der Waals surface area contributed by atoms with E-state index in [9.17, 15) is 13.2 Å². The van der Waals surface area contributed by atoms with Crippen molar-refractivity contribution in [1.29, 1.82) is 0 Å². The van der Waals surface area contributed by atoms with Gasteiger partial charge in [0.2, 0.25) is 5.89 Å². The number of ether oxygens (including phenoxy) is 1. The number of carbonyl (C=O) groups is 1. The molecule has 0 atom stereocenters. The first-order valence-electron chi connectivity index (χ1n) is 8.34. The number of benzene rings is 2. The van der Waals surface area contributed by atoms with Crippen molar-refractivity contribution in [3.63, 3.8) is 0 Å². The zero-order valence-corrected chi connectivity index (χ0v) is 15.6. The normalized spacial score (nSPS) is 11.3. The highest BCUT2D eigenvalue weighted by Crippen LogP contribution is 2.18. The van der Waals surface area contributed by atoms with Crippen molar-refractivity contribution >= 4 is 15.6 Å². The van der Waals surface area contributed by atoms with Crippen LogP contribution in [-0.2, 0) is 16.3 Å². The number of hydrogen-bond acceptors (Lipinski definition) is 6. The maximum Gasteiger partial charge on any atom is 0.226 e. The van der Waals surface area contributed by atoms with E-state index in [1.165, 1.54) is 0 Å². The molecule has 1 heterocycles. The van der Waals surface area contributed by atoms with Crippen LogP contribution in [0.25, 0.3) is 11.5 Å². The maximum atomic E-state index is 11.9. The van der Waals surface area contributed by atoms with Gasteiger partial charge in [-0.15, -0.1) is 0 Å². The van der Waals surface area contributed by atoms with Crippen LogP contribution in [0.3, 0.4) is 0 Å². The molecule has 3 aromatic rings. The molecule has 27 heavy (non-hydrogen) atoms. The van der Waals surface area contributed by atoms with Crippen molar-refractivity contribution in [1.82, 2.24) is 4.98 Å². The summed E-state index contributed by atoms with van der Waals surface area (Å²) in [6.07, 6.45) is 3.22. The lowest BCUT2D eigenvalue weighted by molar-refractivity contribution is 0.102. The Morgan fingerprint density at radius 2 is 1.78 bits per heavy atom. The number of hydrogen-bond donors (Lipinski definition) is 0. The minimum absolute atomic E-state index is 0.344. The standard InChI is InChI=1S/C20H19NO5S/c1-27(23,24)14-19(22)15-7-9-18(10-8-15)25-12-11-17-13-26-20(21-17)16-5-3-2-4-6-16/h2-10,13H,11-12,14H2,1H3. The number of ketones is 1. The fraction of sp³-hybridized carbons (Fsp3) is 0.200. The lowest BCUT2D eigenvalue weighted by atomic mass is 10.1. The van der Waals surface area contributed by atoms with Crippen LogP contribution in [0.1, 0.15) is 16.1 Å². The number of oxazole rings is 1. The largest absolute Gasteiger partial charge is 0.493 e. The zero-order chi connectivity index (χ0) is 19.3. The van der Waals surface area contributed by atoms with Crippen molar-refractivity contribution in [3.8, 4) is 17.2 Å². The lowest BCUT2D eigenvalue weighted by Crippen LogP contribution is -2.14. The van der Waals surface area contributed by atoms with E-state index in [2.05, 4.69) is 4.98 Å². The van der Waals surface area contributed by atoms with Crippen LogP contribution in [0.5, 0.6) is 5.75 Å².